The molecule has 4 heteroatoms. The monoisotopic (exact) mass is 179 g/mol. The van der Waals surface area contributed by atoms with Crippen LogP contribution < -0.4 is 5.43 Å². The molecule has 0 bridgehead atoms. The highest BCUT2D eigenvalue weighted by atomic mass is 19.1. The lowest BCUT2D eigenvalue weighted by Crippen LogP contribution is -2.11. The molecule has 68 valence electrons. The van der Waals surface area contributed by atoms with E-state index in [1.165, 1.54) is 12.1 Å². The number of hydrazone groups is 1. The Morgan fingerprint density at radius 3 is 2.54 bits per heavy atom. The van der Waals surface area contributed by atoms with Gasteiger partial charge in [-0.15, -0.1) is 0 Å². The lowest BCUT2D eigenvalue weighted by molar-refractivity contribution is 0.628. The van der Waals surface area contributed by atoms with Gasteiger partial charge in [-0.3, -0.25) is 5.43 Å². The molecular weight excluding hydrogens is 169 g/mol. The first-order valence-corrected chi connectivity index (χ1v) is 3.75. The van der Waals surface area contributed by atoms with E-state index in [1.807, 2.05) is 0 Å². The Hall–Kier alpha value is -1.71. The molecule has 0 atom stereocenters. The second-order valence-electron chi connectivity index (χ2n) is 2.44. The van der Waals surface area contributed by atoms with Crippen LogP contribution in [0.1, 0.15) is 6.92 Å². The van der Waals surface area contributed by atoms with Gasteiger partial charge in [0.2, 0.25) is 0 Å². The molecule has 13 heavy (non-hydrogen) atoms. The van der Waals surface area contributed by atoms with Crippen LogP contribution in [0, 0.1) is 5.82 Å². The van der Waals surface area contributed by atoms with Crippen molar-refractivity contribution < 1.29 is 4.39 Å². The molecule has 0 saturated heterocycles. The third kappa shape index (κ3) is 3.02. The maximum Gasteiger partial charge on any atom is 0.123 e. The Morgan fingerprint density at radius 1 is 1.38 bits per heavy atom. The lowest BCUT2D eigenvalue weighted by atomic mass is 10.3. The van der Waals surface area contributed by atoms with E-state index in [0.29, 0.717) is 11.5 Å². The third-order valence-electron chi connectivity index (χ3n) is 1.36. The minimum absolute atomic E-state index is 0.272. The predicted molar refractivity (Wildman–Crippen MR) is 51.9 cm³/mol. The third-order valence-corrected chi connectivity index (χ3v) is 1.36. The Balaban J connectivity index is 2.78. The fraction of sp³-hybridized carbons (Fsp3) is 0.111. The number of benzene rings is 1. The first-order valence-electron chi connectivity index (χ1n) is 3.75. The molecule has 0 spiro atoms. The first-order chi connectivity index (χ1) is 6.22. The molecule has 1 rings (SSSR count). The minimum Gasteiger partial charge on any atom is -0.266 e. The zero-order valence-corrected chi connectivity index (χ0v) is 7.29. The van der Waals surface area contributed by atoms with E-state index < -0.39 is 0 Å². The number of nitrogens with one attached hydrogen (secondary N) is 1. The normalized spacial score (nSPS) is 11.1. The summed E-state index contributed by atoms with van der Waals surface area (Å²) in [6, 6.07) is 5.88. The molecule has 0 saturated carbocycles. The van der Waals surface area contributed by atoms with E-state index in [9.17, 15) is 4.39 Å². The van der Waals surface area contributed by atoms with Gasteiger partial charge >= 0.3 is 0 Å². The van der Waals surface area contributed by atoms with Gasteiger partial charge in [-0.05, 0) is 31.2 Å². The van der Waals surface area contributed by atoms with Crippen molar-refractivity contribution in [3.05, 3.63) is 30.1 Å². The molecule has 0 fully saturated rings. The van der Waals surface area contributed by atoms with E-state index in [-0.39, 0.29) is 5.82 Å². The van der Waals surface area contributed by atoms with Gasteiger partial charge in [0.25, 0.3) is 0 Å². The Bertz CT molecular complexity index is 316. The molecule has 0 aliphatic heterocycles. The van der Waals surface area contributed by atoms with Crippen LogP contribution in [-0.4, -0.2) is 12.6 Å². The van der Waals surface area contributed by atoms with Crippen molar-refractivity contribution >= 4 is 18.2 Å². The Morgan fingerprint density at radius 2 is 2.00 bits per heavy atom. The number of rotatable bonds is 2. The van der Waals surface area contributed by atoms with Gasteiger partial charge in [0.1, 0.15) is 11.7 Å². The minimum atomic E-state index is -0.272. The molecule has 1 N–H and O–H groups in total. The molecule has 0 unspecified atom stereocenters. The maximum atomic E-state index is 12.5. The van der Waals surface area contributed by atoms with Crippen LogP contribution >= 0.6 is 0 Å². The average Bonchev–Trinajstić information content (AvgIpc) is 2.09. The Labute approximate surface area is 76.0 Å². The topological polar surface area (TPSA) is 36.8 Å². The maximum absolute atomic E-state index is 12.5. The second-order valence-corrected chi connectivity index (χ2v) is 2.44. The van der Waals surface area contributed by atoms with Gasteiger partial charge in [0, 0.05) is 6.72 Å². The summed E-state index contributed by atoms with van der Waals surface area (Å²) in [6.45, 7) is 5.00. The van der Waals surface area contributed by atoms with Crippen LogP contribution in [0.4, 0.5) is 10.1 Å². The van der Waals surface area contributed by atoms with E-state index in [4.69, 9.17) is 0 Å². The fourth-order valence-corrected chi connectivity index (χ4v) is 0.849. The van der Waals surface area contributed by atoms with E-state index >= 15 is 0 Å². The summed E-state index contributed by atoms with van der Waals surface area (Å²) in [5.74, 6) is 0.341. The van der Waals surface area contributed by atoms with Crippen molar-refractivity contribution in [3.8, 4) is 0 Å². The van der Waals surface area contributed by atoms with Crippen LogP contribution in [0.5, 0.6) is 0 Å². The van der Waals surface area contributed by atoms with Gasteiger partial charge in [-0.1, -0.05) is 0 Å². The summed E-state index contributed by atoms with van der Waals surface area (Å²) < 4.78 is 12.5. The fourth-order valence-electron chi connectivity index (χ4n) is 0.849. The molecule has 0 aliphatic carbocycles. The lowest BCUT2D eigenvalue weighted by Gasteiger charge is -1.97. The summed E-state index contributed by atoms with van der Waals surface area (Å²) in [6.07, 6.45) is 0. The quantitative estimate of drug-likeness (QED) is 0.421. The predicted octanol–water partition coefficient (Wildman–Crippen LogP) is 2.08. The van der Waals surface area contributed by atoms with Crippen LogP contribution in [0.25, 0.3) is 0 Å². The summed E-state index contributed by atoms with van der Waals surface area (Å²) in [5.41, 5.74) is 3.25. The van der Waals surface area contributed by atoms with Crippen molar-refractivity contribution in [3.63, 3.8) is 0 Å². The first kappa shape index (κ1) is 9.38. The second kappa shape index (κ2) is 4.35. The highest BCUT2D eigenvalue weighted by Crippen LogP contribution is 2.11. The van der Waals surface area contributed by atoms with Gasteiger partial charge in [0.05, 0.1) is 5.69 Å². The molecule has 1 aromatic carbocycles. The van der Waals surface area contributed by atoms with Crippen LogP contribution in [-0.2, 0) is 0 Å². The summed E-state index contributed by atoms with van der Waals surface area (Å²) in [7, 11) is 0. The number of hydrogen-bond acceptors (Lipinski definition) is 2. The van der Waals surface area contributed by atoms with Gasteiger partial charge in [0.15, 0.2) is 0 Å². The molecule has 3 nitrogen and oxygen atoms in total. The smallest absolute Gasteiger partial charge is 0.123 e. The van der Waals surface area contributed by atoms with Crippen LogP contribution in [0.2, 0.25) is 0 Å². The molecular formula is C9H10FN3. The zero-order chi connectivity index (χ0) is 9.68. The zero-order valence-electron chi connectivity index (χ0n) is 7.29. The number of amidine groups is 1. The molecule has 0 heterocycles. The number of halogens is 1. The van der Waals surface area contributed by atoms with E-state index in [2.05, 4.69) is 22.2 Å². The molecule has 0 radical (unpaired) electrons. The van der Waals surface area contributed by atoms with Gasteiger partial charge in [-0.25, -0.2) is 9.38 Å². The summed E-state index contributed by atoms with van der Waals surface area (Å²) >= 11 is 0. The molecule has 0 amide bonds. The summed E-state index contributed by atoms with van der Waals surface area (Å²) in [4.78, 5) is 4.10. The highest BCUT2D eigenvalue weighted by Gasteiger charge is 1.91. The molecule has 0 aliphatic rings. The van der Waals surface area contributed by atoms with Crippen molar-refractivity contribution in [1.29, 1.82) is 0 Å². The molecule has 1 aromatic rings. The van der Waals surface area contributed by atoms with Crippen molar-refractivity contribution in [2.75, 3.05) is 0 Å². The van der Waals surface area contributed by atoms with Crippen molar-refractivity contribution in [1.82, 2.24) is 5.43 Å². The van der Waals surface area contributed by atoms with E-state index in [0.717, 1.165) is 0 Å². The van der Waals surface area contributed by atoms with Crippen molar-refractivity contribution in [2.45, 2.75) is 6.92 Å². The van der Waals surface area contributed by atoms with Crippen molar-refractivity contribution in [2.24, 2.45) is 10.1 Å². The molecule has 0 aromatic heterocycles. The highest BCUT2D eigenvalue weighted by molar-refractivity contribution is 5.82. The summed E-state index contributed by atoms with van der Waals surface area (Å²) in [5, 5.41) is 3.44. The number of hydrogen-bond donors (Lipinski definition) is 1. The van der Waals surface area contributed by atoms with Gasteiger partial charge < -0.3 is 0 Å². The largest absolute Gasteiger partial charge is 0.266 e. The standard InChI is InChI=1S/C9H10FN3/c1-7(13-11-2)12-9-5-3-8(10)4-6-9/h3-6H,2H2,1H3,(H,12,13). The van der Waals surface area contributed by atoms with E-state index in [1.54, 1.807) is 19.1 Å². The van der Waals surface area contributed by atoms with Crippen LogP contribution in [0.3, 0.4) is 0 Å². The van der Waals surface area contributed by atoms with Crippen LogP contribution in [0.15, 0.2) is 34.4 Å². The number of nitrogens with zero attached hydrogens (tertiary/aromatic N) is 2. The number of aliphatic imine (C=N–C) groups is 1. The Kier molecular flexibility index (Phi) is 3.14. The van der Waals surface area contributed by atoms with Gasteiger partial charge in [-0.2, -0.15) is 5.10 Å². The average molecular weight is 179 g/mol. The SMILES string of the molecule is C=NNC(C)=Nc1ccc(F)cc1.